The topological polar surface area (TPSA) is 79.4 Å². The third kappa shape index (κ3) is 2.77. The van der Waals surface area contributed by atoms with E-state index in [2.05, 4.69) is 4.98 Å². The second kappa shape index (κ2) is 5.16. The molecular weight excluding hydrogens is 270 g/mol. The van der Waals surface area contributed by atoms with Crippen LogP contribution in [-0.4, -0.2) is 23.2 Å². The molecule has 0 fully saturated rings. The van der Waals surface area contributed by atoms with E-state index < -0.39 is 11.5 Å². The van der Waals surface area contributed by atoms with Crippen LogP contribution in [0.3, 0.4) is 0 Å². The number of pyridine rings is 1. The molecule has 6 heteroatoms. The number of rotatable bonds is 3. The van der Waals surface area contributed by atoms with E-state index in [9.17, 15) is 9.59 Å². The number of ether oxygens (including phenoxy) is 1. The first kappa shape index (κ1) is 13.2. The summed E-state index contributed by atoms with van der Waals surface area (Å²) in [5.74, 6) is -0.658. The molecule has 0 amide bonds. The Morgan fingerprint density at radius 2 is 2.05 bits per heavy atom. The Labute approximate surface area is 113 Å². The predicted molar refractivity (Wildman–Crippen MR) is 71.0 cm³/mol. The molecule has 2 rings (SSSR count). The van der Waals surface area contributed by atoms with E-state index in [4.69, 9.17) is 21.4 Å². The lowest BCUT2D eigenvalue weighted by atomic mass is 10.1. The van der Waals surface area contributed by atoms with Crippen molar-refractivity contribution in [1.82, 2.24) is 4.98 Å². The second-order valence-electron chi connectivity index (χ2n) is 3.80. The first-order chi connectivity index (χ1) is 9.01. The Bertz CT molecular complexity index is 693. The first-order valence-corrected chi connectivity index (χ1v) is 5.70. The van der Waals surface area contributed by atoms with Crippen LogP contribution in [0, 0.1) is 0 Å². The zero-order valence-electron chi connectivity index (χ0n) is 9.94. The van der Waals surface area contributed by atoms with Gasteiger partial charge in [0.1, 0.15) is 5.75 Å². The van der Waals surface area contributed by atoms with Gasteiger partial charge in [-0.2, -0.15) is 0 Å². The summed E-state index contributed by atoms with van der Waals surface area (Å²) in [6.07, 6.45) is 0. The lowest BCUT2D eigenvalue weighted by molar-refractivity contribution is 0.0696. The number of aromatic nitrogens is 1. The SMILES string of the molecule is COc1ccc(-c2cc(C(=O)O)cc(=O)[nH]2)cc1Cl. The Kier molecular flexibility index (Phi) is 3.57. The molecule has 0 saturated carbocycles. The molecule has 0 atom stereocenters. The van der Waals surface area contributed by atoms with Crippen molar-refractivity contribution >= 4 is 17.6 Å². The van der Waals surface area contributed by atoms with Gasteiger partial charge in [0.05, 0.1) is 17.7 Å². The third-order valence-corrected chi connectivity index (χ3v) is 2.85. The van der Waals surface area contributed by atoms with Gasteiger partial charge in [-0.1, -0.05) is 11.6 Å². The van der Waals surface area contributed by atoms with E-state index >= 15 is 0 Å². The van der Waals surface area contributed by atoms with E-state index in [0.717, 1.165) is 6.07 Å². The molecule has 0 unspecified atom stereocenters. The van der Waals surface area contributed by atoms with Crippen LogP contribution in [0.5, 0.6) is 5.75 Å². The van der Waals surface area contributed by atoms with E-state index in [1.165, 1.54) is 13.2 Å². The molecular formula is C13H10ClNO4. The van der Waals surface area contributed by atoms with Gasteiger partial charge in [0.15, 0.2) is 0 Å². The summed E-state index contributed by atoms with van der Waals surface area (Å²) in [4.78, 5) is 24.9. The molecule has 0 spiro atoms. The molecule has 0 aliphatic heterocycles. The lowest BCUT2D eigenvalue weighted by Crippen LogP contribution is -2.10. The maximum atomic E-state index is 11.4. The summed E-state index contributed by atoms with van der Waals surface area (Å²) in [7, 11) is 1.49. The van der Waals surface area contributed by atoms with E-state index in [0.29, 0.717) is 22.0 Å². The van der Waals surface area contributed by atoms with Crippen LogP contribution in [0.4, 0.5) is 0 Å². The normalized spacial score (nSPS) is 10.2. The summed E-state index contributed by atoms with van der Waals surface area (Å²) in [5.41, 5.74) is 0.424. The fourth-order valence-electron chi connectivity index (χ4n) is 1.66. The highest BCUT2D eigenvalue weighted by atomic mass is 35.5. The molecule has 0 saturated heterocycles. The number of aromatic amines is 1. The fourth-order valence-corrected chi connectivity index (χ4v) is 1.91. The highest BCUT2D eigenvalue weighted by Gasteiger charge is 2.09. The van der Waals surface area contributed by atoms with Crippen molar-refractivity contribution in [1.29, 1.82) is 0 Å². The molecule has 19 heavy (non-hydrogen) atoms. The molecule has 1 aromatic heterocycles. The molecule has 0 aliphatic carbocycles. The van der Waals surface area contributed by atoms with Crippen molar-refractivity contribution in [3.63, 3.8) is 0 Å². The molecule has 1 heterocycles. The summed E-state index contributed by atoms with van der Waals surface area (Å²) < 4.78 is 5.02. The standard InChI is InChI=1S/C13H10ClNO4/c1-19-11-3-2-7(4-9(11)14)10-5-8(13(17)18)6-12(16)15-10/h2-6H,1H3,(H,15,16)(H,17,18). The Morgan fingerprint density at radius 1 is 1.32 bits per heavy atom. The van der Waals surface area contributed by atoms with Crippen LogP contribution in [-0.2, 0) is 0 Å². The van der Waals surface area contributed by atoms with Crippen molar-refractivity contribution in [2.45, 2.75) is 0 Å². The molecule has 1 aromatic carbocycles. The highest BCUT2D eigenvalue weighted by molar-refractivity contribution is 6.32. The van der Waals surface area contributed by atoms with Gasteiger partial charge < -0.3 is 14.8 Å². The second-order valence-corrected chi connectivity index (χ2v) is 4.21. The number of nitrogens with one attached hydrogen (secondary N) is 1. The Morgan fingerprint density at radius 3 is 2.63 bits per heavy atom. The van der Waals surface area contributed by atoms with Crippen molar-refractivity contribution in [3.8, 4) is 17.0 Å². The molecule has 98 valence electrons. The number of carbonyl (C=O) groups is 1. The van der Waals surface area contributed by atoms with Gasteiger partial charge in [-0.25, -0.2) is 4.79 Å². The van der Waals surface area contributed by atoms with Gasteiger partial charge in [-0.05, 0) is 29.8 Å². The van der Waals surface area contributed by atoms with Crippen LogP contribution >= 0.6 is 11.6 Å². The zero-order chi connectivity index (χ0) is 14.0. The smallest absolute Gasteiger partial charge is 0.335 e. The molecule has 0 radical (unpaired) electrons. The third-order valence-electron chi connectivity index (χ3n) is 2.55. The minimum atomic E-state index is -1.16. The first-order valence-electron chi connectivity index (χ1n) is 5.33. The number of methoxy groups -OCH3 is 1. The highest BCUT2D eigenvalue weighted by Crippen LogP contribution is 2.29. The van der Waals surface area contributed by atoms with Crippen molar-refractivity contribution < 1.29 is 14.6 Å². The van der Waals surface area contributed by atoms with Crippen LogP contribution in [0.2, 0.25) is 5.02 Å². The van der Waals surface area contributed by atoms with Crippen LogP contribution in [0.25, 0.3) is 11.3 Å². The fraction of sp³-hybridized carbons (Fsp3) is 0.0769. The Balaban J connectivity index is 2.55. The quantitative estimate of drug-likeness (QED) is 0.904. The number of carboxylic acid groups (broad SMARTS) is 1. The minimum Gasteiger partial charge on any atom is -0.495 e. The Hall–Kier alpha value is -2.27. The van der Waals surface area contributed by atoms with Crippen LogP contribution in [0.15, 0.2) is 35.1 Å². The van der Waals surface area contributed by atoms with E-state index in [1.54, 1.807) is 18.2 Å². The average Bonchev–Trinajstić information content (AvgIpc) is 2.37. The number of hydrogen-bond donors (Lipinski definition) is 2. The van der Waals surface area contributed by atoms with Gasteiger partial charge in [0.2, 0.25) is 5.56 Å². The van der Waals surface area contributed by atoms with Gasteiger partial charge in [-0.15, -0.1) is 0 Å². The van der Waals surface area contributed by atoms with Crippen molar-refractivity contribution in [2.75, 3.05) is 7.11 Å². The summed E-state index contributed by atoms with van der Waals surface area (Å²) in [6, 6.07) is 7.32. The van der Waals surface area contributed by atoms with E-state index in [1.807, 2.05) is 0 Å². The summed E-state index contributed by atoms with van der Waals surface area (Å²) >= 11 is 5.99. The van der Waals surface area contributed by atoms with Gasteiger partial charge in [0.25, 0.3) is 0 Å². The molecule has 5 nitrogen and oxygen atoms in total. The predicted octanol–water partition coefficient (Wildman–Crippen LogP) is 2.40. The number of hydrogen-bond acceptors (Lipinski definition) is 3. The number of aromatic carboxylic acids is 1. The lowest BCUT2D eigenvalue weighted by Gasteiger charge is -2.06. The maximum Gasteiger partial charge on any atom is 0.335 e. The largest absolute Gasteiger partial charge is 0.495 e. The maximum absolute atomic E-state index is 11.4. The number of H-pyrrole nitrogens is 1. The minimum absolute atomic E-state index is 0.0781. The van der Waals surface area contributed by atoms with Crippen LogP contribution in [0.1, 0.15) is 10.4 Å². The molecule has 0 bridgehead atoms. The number of benzene rings is 1. The number of halogens is 1. The summed E-state index contributed by atoms with van der Waals surface area (Å²) in [5, 5.41) is 9.29. The van der Waals surface area contributed by atoms with Gasteiger partial charge in [0, 0.05) is 11.8 Å². The van der Waals surface area contributed by atoms with Crippen LogP contribution < -0.4 is 10.3 Å². The molecule has 2 aromatic rings. The summed E-state index contributed by atoms with van der Waals surface area (Å²) in [6.45, 7) is 0. The zero-order valence-corrected chi connectivity index (χ0v) is 10.7. The molecule has 0 aliphatic rings. The monoisotopic (exact) mass is 279 g/mol. The van der Waals surface area contributed by atoms with Gasteiger partial charge in [-0.3, -0.25) is 4.79 Å². The number of carboxylic acids is 1. The van der Waals surface area contributed by atoms with Gasteiger partial charge >= 0.3 is 5.97 Å². The average molecular weight is 280 g/mol. The molecule has 2 N–H and O–H groups in total. The van der Waals surface area contributed by atoms with Crippen molar-refractivity contribution in [2.24, 2.45) is 0 Å². The van der Waals surface area contributed by atoms with Crippen molar-refractivity contribution in [3.05, 3.63) is 51.3 Å². The van der Waals surface area contributed by atoms with E-state index in [-0.39, 0.29) is 5.56 Å².